The highest BCUT2D eigenvalue weighted by atomic mass is 35.5. The van der Waals surface area contributed by atoms with E-state index >= 15 is 0 Å². The fourth-order valence-electron chi connectivity index (χ4n) is 4.17. The van der Waals surface area contributed by atoms with Gasteiger partial charge >= 0.3 is 0 Å². The summed E-state index contributed by atoms with van der Waals surface area (Å²) in [6, 6.07) is 5.54. The number of hydrogen-bond acceptors (Lipinski definition) is 8. The van der Waals surface area contributed by atoms with Crippen molar-refractivity contribution in [2.45, 2.75) is 50.6 Å². The van der Waals surface area contributed by atoms with Crippen molar-refractivity contribution in [3.05, 3.63) is 35.4 Å². The summed E-state index contributed by atoms with van der Waals surface area (Å²) in [5.74, 6) is 1.68. The van der Waals surface area contributed by atoms with Gasteiger partial charge in [0, 0.05) is 24.8 Å². The van der Waals surface area contributed by atoms with Gasteiger partial charge < -0.3 is 25.5 Å². The van der Waals surface area contributed by atoms with E-state index in [1.165, 1.54) is 12.8 Å². The molecule has 9 heteroatoms. The molecule has 1 aliphatic heterocycles. The van der Waals surface area contributed by atoms with Crippen LogP contribution in [0.5, 0.6) is 5.75 Å². The Morgan fingerprint density at radius 3 is 2.66 bits per heavy atom. The second-order valence-electron chi connectivity index (χ2n) is 8.68. The largest absolute Gasteiger partial charge is 0.506 e. The van der Waals surface area contributed by atoms with E-state index < -0.39 is 0 Å². The molecule has 1 atom stereocenters. The number of anilines is 4. The topological polar surface area (TPSA) is 89.4 Å². The Kier molecular flexibility index (Phi) is 7.32. The third-order valence-corrected chi connectivity index (χ3v) is 6.50. The molecule has 0 amide bonds. The molecule has 4 rings (SSSR count). The average Bonchev–Trinajstić information content (AvgIpc) is 3.05. The molecule has 2 aliphatic rings. The lowest BCUT2D eigenvalue weighted by Gasteiger charge is -2.35. The monoisotopic (exact) mass is 457 g/mol. The number of rotatable bonds is 6. The minimum Gasteiger partial charge on any atom is -0.506 e. The summed E-state index contributed by atoms with van der Waals surface area (Å²) in [5, 5.41) is 16.7. The molecule has 32 heavy (non-hydrogen) atoms. The van der Waals surface area contributed by atoms with Crippen molar-refractivity contribution < 1.29 is 5.11 Å². The van der Waals surface area contributed by atoms with Gasteiger partial charge in [0.2, 0.25) is 17.8 Å². The second-order valence-corrected chi connectivity index (χ2v) is 9.09. The van der Waals surface area contributed by atoms with Crippen LogP contribution in [0.25, 0.3) is 0 Å². The number of halogens is 1. The van der Waals surface area contributed by atoms with E-state index in [1.807, 2.05) is 0 Å². The first-order valence-electron chi connectivity index (χ1n) is 11.3. The Hall–Kier alpha value is -2.58. The normalized spacial score (nSPS) is 20.0. The van der Waals surface area contributed by atoms with Crippen LogP contribution >= 0.6 is 11.6 Å². The number of phenolic OH excluding ortho intramolecular Hbond substituents is 1. The summed E-state index contributed by atoms with van der Waals surface area (Å²) in [6.45, 7) is 2.13. The van der Waals surface area contributed by atoms with Crippen molar-refractivity contribution in [1.82, 2.24) is 19.9 Å². The van der Waals surface area contributed by atoms with Crippen LogP contribution < -0.4 is 15.5 Å². The second kappa shape index (κ2) is 10.4. The number of aromatic hydroxyl groups is 1. The molecule has 1 saturated heterocycles. The van der Waals surface area contributed by atoms with Crippen molar-refractivity contribution in [1.29, 1.82) is 0 Å². The fourth-order valence-corrected chi connectivity index (χ4v) is 4.35. The molecule has 2 heterocycles. The fraction of sp³-hybridized carbons (Fsp3) is 0.522. The third kappa shape index (κ3) is 5.81. The minimum absolute atomic E-state index is 0.0399. The van der Waals surface area contributed by atoms with Gasteiger partial charge in [0.25, 0.3) is 0 Å². The molecule has 1 aromatic heterocycles. The van der Waals surface area contributed by atoms with Crippen LogP contribution in [0.15, 0.2) is 30.4 Å². The van der Waals surface area contributed by atoms with Gasteiger partial charge in [0.05, 0.1) is 5.02 Å². The summed E-state index contributed by atoms with van der Waals surface area (Å²) >= 11 is 6.08. The Bertz CT molecular complexity index is 946. The van der Waals surface area contributed by atoms with Crippen LogP contribution in [0.3, 0.4) is 0 Å². The van der Waals surface area contributed by atoms with Crippen molar-refractivity contribution in [2.24, 2.45) is 0 Å². The SMILES string of the molecule is CN1CCC(N(C)c2nc(Nc3ccc(O)c(Cl)c3)nc(NC3C=CCCCC3)n2)CC1. The number of allylic oxidation sites excluding steroid dienone is 1. The number of hydrogen-bond donors (Lipinski definition) is 3. The molecule has 0 saturated carbocycles. The van der Waals surface area contributed by atoms with Gasteiger partial charge in [-0.15, -0.1) is 0 Å². The zero-order chi connectivity index (χ0) is 22.5. The van der Waals surface area contributed by atoms with E-state index in [1.54, 1.807) is 18.2 Å². The van der Waals surface area contributed by atoms with Crippen LogP contribution in [0.4, 0.5) is 23.5 Å². The quantitative estimate of drug-likeness (QED) is 0.434. The van der Waals surface area contributed by atoms with E-state index in [-0.39, 0.29) is 16.8 Å². The summed E-state index contributed by atoms with van der Waals surface area (Å²) in [7, 11) is 4.22. The smallest absolute Gasteiger partial charge is 0.233 e. The molecule has 1 unspecified atom stereocenters. The Balaban J connectivity index is 1.60. The van der Waals surface area contributed by atoms with Gasteiger partial charge in [-0.25, -0.2) is 0 Å². The molecule has 8 nitrogen and oxygen atoms in total. The van der Waals surface area contributed by atoms with E-state index in [9.17, 15) is 5.11 Å². The van der Waals surface area contributed by atoms with Crippen LogP contribution in [0, 0.1) is 0 Å². The predicted octanol–water partition coefficient (Wildman–Crippen LogP) is 4.42. The Labute approximate surface area is 194 Å². The first-order valence-corrected chi connectivity index (χ1v) is 11.7. The van der Waals surface area contributed by atoms with E-state index in [0.29, 0.717) is 29.6 Å². The van der Waals surface area contributed by atoms with E-state index in [2.05, 4.69) is 51.7 Å². The maximum absolute atomic E-state index is 9.71. The minimum atomic E-state index is 0.0399. The summed E-state index contributed by atoms with van der Waals surface area (Å²) in [5.41, 5.74) is 0.701. The van der Waals surface area contributed by atoms with Crippen LogP contribution in [0.1, 0.15) is 38.5 Å². The van der Waals surface area contributed by atoms with Gasteiger partial charge in [-0.05, 0) is 70.4 Å². The maximum atomic E-state index is 9.71. The molecule has 3 N–H and O–H groups in total. The number of nitrogens with zero attached hydrogens (tertiary/aromatic N) is 5. The van der Waals surface area contributed by atoms with E-state index in [0.717, 1.165) is 38.8 Å². The van der Waals surface area contributed by atoms with Gasteiger partial charge in [-0.2, -0.15) is 15.0 Å². The van der Waals surface area contributed by atoms with Crippen molar-refractivity contribution in [3.8, 4) is 5.75 Å². The summed E-state index contributed by atoms with van der Waals surface area (Å²) in [4.78, 5) is 18.6. The van der Waals surface area contributed by atoms with Crippen LogP contribution in [-0.4, -0.2) is 64.2 Å². The highest BCUT2D eigenvalue weighted by Crippen LogP contribution is 2.28. The lowest BCUT2D eigenvalue weighted by atomic mass is 10.0. The number of nitrogens with one attached hydrogen (secondary N) is 2. The molecule has 1 aliphatic carbocycles. The first-order chi connectivity index (χ1) is 15.5. The third-order valence-electron chi connectivity index (χ3n) is 6.20. The molecule has 1 aromatic carbocycles. The molecule has 1 fully saturated rings. The number of benzene rings is 1. The lowest BCUT2D eigenvalue weighted by molar-refractivity contribution is 0.252. The zero-order valence-corrected chi connectivity index (χ0v) is 19.5. The lowest BCUT2D eigenvalue weighted by Crippen LogP contribution is -2.42. The summed E-state index contributed by atoms with van der Waals surface area (Å²) < 4.78 is 0. The maximum Gasteiger partial charge on any atom is 0.233 e. The first kappa shape index (κ1) is 22.6. The summed E-state index contributed by atoms with van der Waals surface area (Å²) in [6.07, 6.45) is 11.2. The van der Waals surface area contributed by atoms with Gasteiger partial charge in [-0.1, -0.05) is 30.2 Å². The highest BCUT2D eigenvalue weighted by molar-refractivity contribution is 6.32. The molecular formula is C23H32ClN7O. The van der Waals surface area contributed by atoms with Crippen LogP contribution in [-0.2, 0) is 0 Å². The standard InChI is InChI=1S/C23H32ClN7O/c1-30-13-11-18(12-14-30)31(2)23-28-21(25-16-7-5-3-4-6-8-16)27-22(29-23)26-17-9-10-20(32)19(24)15-17/h5,7,9-10,15-16,18,32H,3-4,6,8,11-14H2,1-2H3,(H2,25,26,27,28,29). The average molecular weight is 458 g/mol. The highest BCUT2D eigenvalue weighted by Gasteiger charge is 2.24. The molecule has 0 bridgehead atoms. The van der Waals surface area contributed by atoms with Crippen molar-refractivity contribution in [2.75, 3.05) is 42.7 Å². The van der Waals surface area contributed by atoms with Gasteiger partial charge in [0.1, 0.15) is 5.75 Å². The molecule has 2 aromatic rings. The van der Waals surface area contributed by atoms with E-state index in [4.69, 9.17) is 21.6 Å². The van der Waals surface area contributed by atoms with Crippen LogP contribution in [0.2, 0.25) is 5.02 Å². The molecule has 0 spiro atoms. The van der Waals surface area contributed by atoms with Crippen molar-refractivity contribution >= 4 is 35.1 Å². The predicted molar refractivity (Wildman–Crippen MR) is 130 cm³/mol. The van der Waals surface area contributed by atoms with Crippen molar-refractivity contribution in [3.63, 3.8) is 0 Å². The Morgan fingerprint density at radius 1 is 1.09 bits per heavy atom. The molecule has 172 valence electrons. The molecular weight excluding hydrogens is 426 g/mol. The zero-order valence-electron chi connectivity index (χ0n) is 18.8. The van der Waals surface area contributed by atoms with Gasteiger partial charge in [-0.3, -0.25) is 0 Å². The number of piperidine rings is 1. The number of aromatic nitrogens is 3. The Morgan fingerprint density at radius 2 is 1.88 bits per heavy atom. The number of phenols is 1. The number of likely N-dealkylation sites (tertiary alicyclic amines) is 1. The van der Waals surface area contributed by atoms with Gasteiger partial charge in [0.15, 0.2) is 0 Å². The molecule has 0 radical (unpaired) electrons.